The van der Waals surface area contributed by atoms with Gasteiger partial charge in [-0.2, -0.15) is 0 Å². The van der Waals surface area contributed by atoms with Crippen LogP contribution in [-0.4, -0.2) is 40.8 Å². The minimum absolute atomic E-state index is 0.400. The number of aryl methyl sites for hydroxylation is 1. The number of fused-ring (bicyclic) bond motifs is 1. The van der Waals surface area contributed by atoms with Crippen LogP contribution in [0, 0.1) is 0 Å². The molecule has 0 aromatic carbocycles. The quantitative estimate of drug-likeness (QED) is 0.770. The van der Waals surface area contributed by atoms with Crippen LogP contribution in [-0.2, 0) is 22.4 Å². The van der Waals surface area contributed by atoms with Crippen molar-refractivity contribution in [2.45, 2.75) is 44.6 Å². The molecule has 0 saturated heterocycles. The topological polar surface area (TPSA) is 84.3 Å². The number of aliphatic carboxylic acids is 1. The molecule has 1 aliphatic carbocycles. The Morgan fingerprint density at radius 2 is 2.20 bits per heavy atom. The van der Waals surface area contributed by atoms with Crippen LogP contribution < -0.4 is 5.32 Å². The van der Waals surface area contributed by atoms with Gasteiger partial charge in [0, 0.05) is 31.4 Å². The number of hydrogen-bond donors (Lipinski definition) is 2. The van der Waals surface area contributed by atoms with Crippen LogP contribution in [0.4, 0.5) is 5.82 Å². The number of aromatic nitrogens is 2. The van der Waals surface area contributed by atoms with Crippen LogP contribution in [0.2, 0.25) is 0 Å². The van der Waals surface area contributed by atoms with E-state index in [2.05, 4.69) is 15.3 Å². The molecular weight excluding hydrogens is 258 g/mol. The van der Waals surface area contributed by atoms with Crippen LogP contribution in [0.25, 0.3) is 0 Å². The summed E-state index contributed by atoms with van der Waals surface area (Å²) in [5.74, 6) is -0.219. The van der Waals surface area contributed by atoms with Gasteiger partial charge in [0.25, 0.3) is 0 Å². The lowest BCUT2D eigenvalue weighted by Crippen LogP contribution is -2.31. The fourth-order valence-electron chi connectivity index (χ4n) is 2.48. The Balaban J connectivity index is 2.17. The molecule has 0 aliphatic heterocycles. The summed E-state index contributed by atoms with van der Waals surface area (Å²) in [5.41, 5.74) is 2.13. The number of carboxylic acid groups (broad SMARTS) is 1. The van der Waals surface area contributed by atoms with E-state index in [9.17, 15) is 9.90 Å². The number of anilines is 1. The van der Waals surface area contributed by atoms with Crippen molar-refractivity contribution in [3.63, 3.8) is 0 Å². The molecule has 110 valence electrons. The summed E-state index contributed by atoms with van der Waals surface area (Å²) in [7, 11) is 1.57. The largest absolute Gasteiger partial charge is 0.480 e. The van der Waals surface area contributed by atoms with Gasteiger partial charge in [-0.25, -0.2) is 14.8 Å². The van der Waals surface area contributed by atoms with Crippen LogP contribution in [0.3, 0.4) is 0 Å². The highest BCUT2D eigenvalue weighted by molar-refractivity contribution is 5.77. The molecule has 0 bridgehead atoms. The Kier molecular flexibility index (Phi) is 5.29. The molecule has 0 radical (unpaired) electrons. The number of carbonyl (C=O) groups is 1. The highest BCUT2D eigenvalue weighted by Crippen LogP contribution is 2.24. The second-order valence-electron chi connectivity index (χ2n) is 5.02. The maximum atomic E-state index is 11.3. The van der Waals surface area contributed by atoms with E-state index in [1.807, 2.05) is 0 Å². The smallest absolute Gasteiger partial charge is 0.326 e. The zero-order valence-corrected chi connectivity index (χ0v) is 11.8. The van der Waals surface area contributed by atoms with Gasteiger partial charge in [-0.1, -0.05) is 6.42 Å². The molecule has 1 heterocycles. The Bertz CT molecular complexity index is 465. The molecule has 1 unspecified atom stereocenters. The van der Waals surface area contributed by atoms with E-state index in [1.165, 1.54) is 12.7 Å². The first kappa shape index (κ1) is 14.7. The van der Waals surface area contributed by atoms with Crippen molar-refractivity contribution in [1.29, 1.82) is 0 Å². The van der Waals surface area contributed by atoms with Crippen molar-refractivity contribution in [2.75, 3.05) is 19.0 Å². The van der Waals surface area contributed by atoms with E-state index in [1.54, 1.807) is 7.11 Å². The van der Waals surface area contributed by atoms with E-state index in [0.29, 0.717) is 18.8 Å². The monoisotopic (exact) mass is 279 g/mol. The molecule has 0 saturated carbocycles. The molecule has 1 aliphatic rings. The summed E-state index contributed by atoms with van der Waals surface area (Å²) in [6, 6.07) is -0.683. The standard InChI is InChI=1S/C14H21N3O3/c1-20-8-7-12(14(18)19)17-13-10-5-3-2-4-6-11(10)15-9-16-13/h9,12H,2-8H2,1H3,(H,18,19)(H,15,16,17). The van der Waals surface area contributed by atoms with Gasteiger partial charge in [0.2, 0.25) is 0 Å². The second kappa shape index (κ2) is 7.19. The molecule has 6 heteroatoms. The lowest BCUT2D eigenvalue weighted by molar-refractivity contribution is -0.138. The molecule has 2 rings (SSSR count). The Morgan fingerprint density at radius 3 is 2.95 bits per heavy atom. The normalized spacial score (nSPS) is 16.1. The summed E-state index contributed by atoms with van der Waals surface area (Å²) in [6.45, 7) is 0.400. The molecule has 2 N–H and O–H groups in total. The average molecular weight is 279 g/mol. The first-order chi connectivity index (χ1) is 9.72. The Labute approximate surface area is 118 Å². The summed E-state index contributed by atoms with van der Waals surface area (Å²) >= 11 is 0. The lowest BCUT2D eigenvalue weighted by Gasteiger charge is -2.17. The van der Waals surface area contributed by atoms with E-state index < -0.39 is 12.0 Å². The molecule has 0 spiro atoms. The van der Waals surface area contributed by atoms with Gasteiger partial charge in [-0.05, 0) is 25.7 Å². The number of ether oxygens (including phenoxy) is 1. The van der Waals surface area contributed by atoms with Gasteiger partial charge in [0.1, 0.15) is 18.2 Å². The lowest BCUT2D eigenvalue weighted by atomic mass is 10.1. The van der Waals surface area contributed by atoms with Crippen LogP contribution >= 0.6 is 0 Å². The van der Waals surface area contributed by atoms with Gasteiger partial charge < -0.3 is 15.2 Å². The van der Waals surface area contributed by atoms with Crippen LogP contribution in [0.5, 0.6) is 0 Å². The van der Waals surface area contributed by atoms with Gasteiger partial charge in [-0.3, -0.25) is 0 Å². The third-order valence-electron chi connectivity index (χ3n) is 3.59. The minimum atomic E-state index is -0.886. The zero-order valence-electron chi connectivity index (χ0n) is 11.8. The molecule has 1 aromatic heterocycles. The maximum Gasteiger partial charge on any atom is 0.326 e. The van der Waals surface area contributed by atoms with Gasteiger partial charge in [0.15, 0.2) is 0 Å². The van der Waals surface area contributed by atoms with Crippen molar-refractivity contribution < 1.29 is 14.6 Å². The summed E-state index contributed by atoms with van der Waals surface area (Å²) in [6.07, 6.45) is 7.20. The third kappa shape index (κ3) is 3.66. The maximum absolute atomic E-state index is 11.3. The molecule has 1 atom stereocenters. The average Bonchev–Trinajstić information content (AvgIpc) is 2.68. The summed E-state index contributed by atoms with van der Waals surface area (Å²) in [5, 5.41) is 12.3. The molecule has 20 heavy (non-hydrogen) atoms. The zero-order chi connectivity index (χ0) is 14.4. The molecule has 0 amide bonds. The highest BCUT2D eigenvalue weighted by Gasteiger charge is 2.21. The summed E-state index contributed by atoms with van der Waals surface area (Å²) in [4.78, 5) is 19.9. The van der Waals surface area contributed by atoms with Crippen molar-refractivity contribution in [2.24, 2.45) is 0 Å². The van der Waals surface area contributed by atoms with E-state index in [-0.39, 0.29) is 0 Å². The van der Waals surface area contributed by atoms with Crippen molar-refractivity contribution in [3.05, 3.63) is 17.6 Å². The second-order valence-corrected chi connectivity index (χ2v) is 5.02. The van der Waals surface area contributed by atoms with Crippen LogP contribution in [0.15, 0.2) is 6.33 Å². The number of carboxylic acids is 1. The first-order valence-corrected chi connectivity index (χ1v) is 7.03. The van der Waals surface area contributed by atoms with Gasteiger partial charge in [0.05, 0.1) is 0 Å². The molecule has 6 nitrogen and oxygen atoms in total. The SMILES string of the molecule is COCCC(Nc1ncnc2c1CCCCC2)C(=O)O. The van der Waals surface area contributed by atoms with Crippen LogP contribution in [0.1, 0.15) is 36.9 Å². The number of nitrogens with one attached hydrogen (secondary N) is 1. The number of methoxy groups -OCH3 is 1. The van der Waals surface area contributed by atoms with E-state index in [0.717, 1.165) is 36.9 Å². The first-order valence-electron chi connectivity index (χ1n) is 7.03. The Hall–Kier alpha value is -1.69. The molecule has 0 fully saturated rings. The predicted octanol–water partition coefficient (Wildman–Crippen LogP) is 1.65. The minimum Gasteiger partial charge on any atom is -0.480 e. The van der Waals surface area contributed by atoms with E-state index >= 15 is 0 Å². The van der Waals surface area contributed by atoms with Crippen molar-refractivity contribution in [3.8, 4) is 0 Å². The van der Waals surface area contributed by atoms with E-state index in [4.69, 9.17) is 4.74 Å². The number of hydrogen-bond acceptors (Lipinski definition) is 5. The van der Waals surface area contributed by atoms with Crippen molar-refractivity contribution >= 4 is 11.8 Å². The fourth-order valence-corrected chi connectivity index (χ4v) is 2.48. The summed E-state index contributed by atoms with van der Waals surface area (Å²) < 4.78 is 4.96. The third-order valence-corrected chi connectivity index (χ3v) is 3.59. The Morgan fingerprint density at radius 1 is 1.40 bits per heavy atom. The van der Waals surface area contributed by atoms with Gasteiger partial charge >= 0.3 is 5.97 Å². The van der Waals surface area contributed by atoms with Crippen molar-refractivity contribution in [1.82, 2.24) is 9.97 Å². The highest BCUT2D eigenvalue weighted by atomic mass is 16.5. The number of nitrogens with zero attached hydrogens (tertiary/aromatic N) is 2. The number of rotatable bonds is 6. The predicted molar refractivity (Wildman–Crippen MR) is 74.8 cm³/mol. The molecule has 1 aromatic rings. The van der Waals surface area contributed by atoms with Gasteiger partial charge in [-0.15, -0.1) is 0 Å². The fraction of sp³-hybridized carbons (Fsp3) is 0.643. The molecular formula is C14H21N3O3.